The lowest BCUT2D eigenvalue weighted by Crippen LogP contribution is -2.14. The van der Waals surface area contributed by atoms with Gasteiger partial charge in [0.1, 0.15) is 0 Å². The van der Waals surface area contributed by atoms with Crippen LogP contribution in [0.4, 0.5) is 0 Å². The molecule has 0 aliphatic heterocycles. The normalized spacial score (nSPS) is 29.9. The predicted molar refractivity (Wildman–Crippen MR) is 45.8 cm³/mol. The second kappa shape index (κ2) is 2.26. The summed E-state index contributed by atoms with van der Waals surface area (Å²) in [5.41, 5.74) is 1.86. The van der Waals surface area contributed by atoms with Crippen LogP contribution >= 0.6 is 0 Å². The largest absolute Gasteiger partial charge is 0.103 e. The number of allylic oxidation sites excluding steroid dienone is 3. The molecule has 0 aromatic rings. The molecule has 0 nitrogen and oxygen atoms in total. The zero-order valence-corrected chi connectivity index (χ0v) is 7.15. The molecule has 56 valence electrons. The Morgan fingerprint density at radius 1 is 1.70 bits per heavy atom. The molecule has 0 saturated carbocycles. The third-order valence-electron chi connectivity index (χ3n) is 2.40. The smallest absolute Gasteiger partial charge is 0.0107 e. The molecule has 1 rings (SSSR count). The highest BCUT2D eigenvalue weighted by molar-refractivity contribution is 5.19. The van der Waals surface area contributed by atoms with Crippen LogP contribution in [0.5, 0.6) is 0 Å². The van der Waals surface area contributed by atoms with Gasteiger partial charge in [0, 0.05) is 0 Å². The highest BCUT2D eigenvalue weighted by Crippen LogP contribution is 2.40. The summed E-state index contributed by atoms with van der Waals surface area (Å²) in [5.74, 6) is 0.660. The number of hydrogen-bond acceptors (Lipinski definition) is 0. The van der Waals surface area contributed by atoms with Gasteiger partial charge in [-0.15, -0.1) is 6.58 Å². The molecule has 0 heteroatoms. The summed E-state index contributed by atoms with van der Waals surface area (Å²) in [4.78, 5) is 0. The van der Waals surface area contributed by atoms with E-state index in [1.165, 1.54) is 12.0 Å². The van der Waals surface area contributed by atoms with Crippen LogP contribution in [0.1, 0.15) is 27.2 Å². The number of hydrogen-bond donors (Lipinski definition) is 0. The van der Waals surface area contributed by atoms with Crippen molar-refractivity contribution >= 4 is 0 Å². The summed E-state index contributed by atoms with van der Waals surface area (Å²) in [7, 11) is 0. The lowest BCUT2D eigenvalue weighted by molar-refractivity contribution is 0.372. The lowest BCUT2D eigenvalue weighted by Gasteiger charge is -2.22. The number of rotatable bonds is 1. The van der Waals surface area contributed by atoms with Crippen LogP contribution in [0.2, 0.25) is 0 Å². The van der Waals surface area contributed by atoms with Gasteiger partial charge in [0.15, 0.2) is 0 Å². The van der Waals surface area contributed by atoms with Crippen molar-refractivity contribution in [1.29, 1.82) is 0 Å². The average molecular weight is 136 g/mol. The summed E-state index contributed by atoms with van der Waals surface area (Å²) >= 11 is 0. The minimum Gasteiger partial charge on any atom is -0.103 e. The Balaban J connectivity index is 2.80. The topological polar surface area (TPSA) is 0 Å². The second-order valence-electron chi connectivity index (χ2n) is 3.86. The van der Waals surface area contributed by atoms with Crippen molar-refractivity contribution in [1.82, 2.24) is 0 Å². The van der Waals surface area contributed by atoms with E-state index in [4.69, 9.17) is 0 Å². The molecule has 0 N–H and O–H groups in total. The minimum absolute atomic E-state index is 0.353. The fraction of sp³-hybridized carbons (Fsp3) is 0.600. The molecule has 0 radical (unpaired) electrons. The van der Waals surface area contributed by atoms with E-state index in [0.29, 0.717) is 11.3 Å². The van der Waals surface area contributed by atoms with Gasteiger partial charge in [0.05, 0.1) is 0 Å². The molecular weight excluding hydrogens is 120 g/mol. The van der Waals surface area contributed by atoms with E-state index in [1.807, 2.05) is 0 Å². The molecule has 0 spiro atoms. The van der Waals surface area contributed by atoms with Gasteiger partial charge >= 0.3 is 0 Å². The third kappa shape index (κ3) is 1.16. The third-order valence-corrected chi connectivity index (χ3v) is 2.40. The van der Waals surface area contributed by atoms with Crippen molar-refractivity contribution in [2.75, 3.05) is 0 Å². The first-order valence-corrected chi connectivity index (χ1v) is 3.87. The molecule has 0 unspecified atom stereocenters. The van der Waals surface area contributed by atoms with Crippen LogP contribution < -0.4 is 0 Å². The van der Waals surface area contributed by atoms with Crippen molar-refractivity contribution in [3.8, 4) is 0 Å². The highest BCUT2D eigenvalue weighted by Gasteiger charge is 2.29. The van der Waals surface area contributed by atoms with Crippen molar-refractivity contribution in [3.05, 3.63) is 24.3 Å². The zero-order valence-electron chi connectivity index (χ0n) is 7.15. The maximum Gasteiger partial charge on any atom is -0.0107 e. The average Bonchev–Trinajstić information content (AvgIpc) is 2.04. The van der Waals surface area contributed by atoms with Crippen LogP contribution in [0.15, 0.2) is 24.3 Å². The molecule has 0 aromatic heterocycles. The van der Waals surface area contributed by atoms with Crippen molar-refractivity contribution in [2.24, 2.45) is 11.3 Å². The second-order valence-corrected chi connectivity index (χ2v) is 3.86. The first kappa shape index (κ1) is 7.59. The Bertz CT molecular complexity index is 172. The fourth-order valence-electron chi connectivity index (χ4n) is 1.80. The summed E-state index contributed by atoms with van der Waals surface area (Å²) in [5, 5.41) is 0. The fourth-order valence-corrected chi connectivity index (χ4v) is 1.80. The van der Waals surface area contributed by atoms with Gasteiger partial charge in [-0.1, -0.05) is 31.6 Å². The van der Waals surface area contributed by atoms with Gasteiger partial charge in [0.2, 0.25) is 0 Å². The van der Waals surface area contributed by atoms with Crippen LogP contribution in [0.3, 0.4) is 0 Å². The summed E-state index contributed by atoms with van der Waals surface area (Å²) < 4.78 is 0. The van der Waals surface area contributed by atoms with Crippen LogP contribution in [0.25, 0.3) is 0 Å². The Kier molecular flexibility index (Phi) is 1.72. The highest BCUT2D eigenvalue weighted by atomic mass is 14.3. The Morgan fingerprint density at radius 3 is 2.50 bits per heavy atom. The molecular formula is C10H16. The maximum atomic E-state index is 3.84. The first-order valence-electron chi connectivity index (χ1n) is 3.87. The maximum absolute atomic E-state index is 3.84. The lowest BCUT2D eigenvalue weighted by atomic mass is 9.82. The SMILES string of the molecule is C=C[C@@H]1CC(C)=CC1(C)C. The summed E-state index contributed by atoms with van der Waals surface area (Å²) in [6.45, 7) is 10.6. The molecule has 0 aromatic carbocycles. The molecule has 0 heterocycles. The van der Waals surface area contributed by atoms with E-state index >= 15 is 0 Å². The minimum atomic E-state index is 0.353. The summed E-state index contributed by atoms with van der Waals surface area (Å²) in [6, 6.07) is 0. The van der Waals surface area contributed by atoms with E-state index < -0.39 is 0 Å². The molecule has 0 saturated heterocycles. The van der Waals surface area contributed by atoms with E-state index in [1.54, 1.807) is 0 Å². The Morgan fingerprint density at radius 2 is 2.30 bits per heavy atom. The quantitative estimate of drug-likeness (QED) is 0.486. The van der Waals surface area contributed by atoms with Gasteiger partial charge in [-0.25, -0.2) is 0 Å². The Hall–Kier alpha value is -0.520. The molecule has 1 aliphatic carbocycles. The van der Waals surface area contributed by atoms with Gasteiger partial charge < -0.3 is 0 Å². The van der Waals surface area contributed by atoms with E-state index in [-0.39, 0.29) is 0 Å². The Labute approximate surface area is 63.6 Å². The molecule has 0 amide bonds. The molecule has 0 bridgehead atoms. The standard InChI is InChI=1S/C10H16/c1-5-9-6-8(2)7-10(9,3)4/h5,7,9H,1,6H2,2-4H3/t9-/m1/s1. The molecule has 1 atom stereocenters. The molecule has 1 aliphatic rings. The van der Waals surface area contributed by atoms with E-state index in [2.05, 4.69) is 39.5 Å². The zero-order chi connectivity index (χ0) is 7.78. The molecule has 0 fully saturated rings. The van der Waals surface area contributed by atoms with E-state index in [0.717, 1.165) is 0 Å². The van der Waals surface area contributed by atoms with Gasteiger partial charge in [-0.05, 0) is 24.7 Å². The first-order chi connectivity index (χ1) is 4.56. The van der Waals surface area contributed by atoms with Gasteiger partial charge in [-0.3, -0.25) is 0 Å². The summed E-state index contributed by atoms with van der Waals surface area (Å²) in [6.07, 6.45) is 5.64. The molecule has 10 heavy (non-hydrogen) atoms. The van der Waals surface area contributed by atoms with Gasteiger partial charge in [-0.2, -0.15) is 0 Å². The van der Waals surface area contributed by atoms with Crippen LogP contribution in [-0.4, -0.2) is 0 Å². The monoisotopic (exact) mass is 136 g/mol. The van der Waals surface area contributed by atoms with E-state index in [9.17, 15) is 0 Å². The van der Waals surface area contributed by atoms with Crippen LogP contribution in [-0.2, 0) is 0 Å². The van der Waals surface area contributed by atoms with Crippen LogP contribution in [0, 0.1) is 11.3 Å². The van der Waals surface area contributed by atoms with Crippen molar-refractivity contribution in [2.45, 2.75) is 27.2 Å². The van der Waals surface area contributed by atoms with Crippen molar-refractivity contribution < 1.29 is 0 Å². The predicted octanol–water partition coefficient (Wildman–Crippen LogP) is 3.16. The van der Waals surface area contributed by atoms with Gasteiger partial charge in [0.25, 0.3) is 0 Å². The van der Waals surface area contributed by atoms with Crippen molar-refractivity contribution in [3.63, 3.8) is 0 Å².